The molecular weight excluding hydrogens is 324 g/mol. The van der Waals surface area contributed by atoms with Gasteiger partial charge in [0.15, 0.2) is 0 Å². The van der Waals surface area contributed by atoms with Gasteiger partial charge in [0.2, 0.25) is 15.9 Å². The lowest BCUT2D eigenvalue weighted by molar-refractivity contribution is -0.123. The first kappa shape index (κ1) is 18.8. The van der Waals surface area contributed by atoms with E-state index in [4.69, 9.17) is 0 Å². The fourth-order valence-electron chi connectivity index (χ4n) is 3.30. The maximum Gasteiger partial charge on any atom is 0.244 e. The second-order valence-corrected chi connectivity index (χ2v) is 8.52. The molecule has 1 aliphatic rings. The van der Waals surface area contributed by atoms with Crippen LogP contribution in [-0.2, 0) is 14.8 Å². The molecule has 0 unspecified atom stereocenters. The van der Waals surface area contributed by atoms with Gasteiger partial charge in [0, 0.05) is 6.04 Å². The Bertz CT molecular complexity index is 649. The Balaban J connectivity index is 2.24. The molecule has 1 N–H and O–H groups in total. The van der Waals surface area contributed by atoms with E-state index in [2.05, 4.69) is 5.32 Å². The van der Waals surface area contributed by atoms with Gasteiger partial charge in [-0.05, 0) is 38.3 Å². The largest absolute Gasteiger partial charge is 0.352 e. The third-order valence-corrected chi connectivity index (χ3v) is 5.75. The van der Waals surface area contributed by atoms with Gasteiger partial charge in [0.1, 0.15) is 6.04 Å². The Morgan fingerprint density at radius 1 is 1.21 bits per heavy atom. The van der Waals surface area contributed by atoms with Crippen LogP contribution in [0.3, 0.4) is 0 Å². The van der Waals surface area contributed by atoms with Crippen molar-refractivity contribution in [3.05, 3.63) is 29.8 Å². The van der Waals surface area contributed by atoms with Crippen LogP contribution in [0.25, 0.3) is 0 Å². The molecule has 0 spiro atoms. The van der Waals surface area contributed by atoms with Gasteiger partial charge >= 0.3 is 0 Å². The van der Waals surface area contributed by atoms with Gasteiger partial charge in [-0.1, -0.05) is 43.9 Å². The van der Waals surface area contributed by atoms with Crippen LogP contribution in [0.1, 0.15) is 51.0 Å². The van der Waals surface area contributed by atoms with E-state index in [1.165, 1.54) is 10.7 Å². The molecule has 1 fully saturated rings. The molecule has 0 saturated heterocycles. The Morgan fingerprint density at radius 3 is 2.29 bits per heavy atom. The van der Waals surface area contributed by atoms with Crippen molar-refractivity contribution in [1.82, 2.24) is 5.32 Å². The van der Waals surface area contributed by atoms with Crippen LogP contribution in [0.4, 0.5) is 5.69 Å². The van der Waals surface area contributed by atoms with Crippen molar-refractivity contribution in [3.8, 4) is 0 Å². The van der Waals surface area contributed by atoms with Crippen molar-refractivity contribution in [2.75, 3.05) is 10.6 Å². The number of hydrogen-bond acceptors (Lipinski definition) is 3. The maximum absolute atomic E-state index is 12.8. The summed E-state index contributed by atoms with van der Waals surface area (Å²) in [5.41, 5.74) is 1.58. The minimum atomic E-state index is -3.56. The molecule has 1 atom stereocenters. The Kier molecular flexibility index (Phi) is 6.27. The number of aryl methyl sites for hydroxylation is 1. The minimum Gasteiger partial charge on any atom is -0.352 e. The van der Waals surface area contributed by atoms with Crippen LogP contribution in [-0.4, -0.2) is 32.7 Å². The Labute approximate surface area is 145 Å². The third kappa shape index (κ3) is 4.72. The Morgan fingerprint density at radius 2 is 1.79 bits per heavy atom. The van der Waals surface area contributed by atoms with Crippen molar-refractivity contribution in [2.45, 2.75) is 64.5 Å². The summed E-state index contributed by atoms with van der Waals surface area (Å²) in [6.45, 7) is 3.79. The fraction of sp³-hybridized carbons (Fsp3) is 0.611. The molecule has 2 rings (SSSR count). The van der Waals surface area contributed by atoms with Crippen LogP contribution in [0.15, 0.2) is 24.3 Å². The molecule has 24 heavy (non-hydrogen) atoms. The predicted octanol–water partition coefficient (Wildman–Crippen LogP) is 2.99. The molecule has 1 aromatic carbocycles. The lowest BCUT2D eigenvalue weighted by Gasteiger charge is -2.32. The SMILES string of the molecule is CC[C@H](C(=O)NC1CCCCC1)N(c1ccc(C)cc1)S(C)(=O)=O. The van der Waals surface area contributed by atoms with E-state index in [0.29, 0.717) is 12.1 Å². The van der Waals surface area contributed by atoms with E-state index >= 15 is 0 Å². The molecule has 5 nitrogen and oxygen atoms in total. The quantitative estimate of drug-likeness (QED) is 0.856. The standard InChI is InChI=1S/C18H28N2O3S/c1-4-17(18(21)19-15-8-6-5-7-9-15)20(24(3,22)23)16-12-10-14(2)11-13-16/h10-13,15,17H,4-9H2,1-3H3,(H,19,21)/t17-/m1/s1. The average Bonchev–Trinajstić information content (AvgIpc) is 2.53. The second-order valence-electron chi connectivity index (χ2n) is 6.66. The highest BCUT2D eigenvalue weighted by molar-refractivity contribution is 7.92. The van der Waals surface area contributed by atoms with Gasteiger partial charge in [-0.3, -0.25) is 9.10 Å². The zero-order valence-corrected chi connectivity index (χ0v) is 15.6. The van der Waals surface area contributed by atoms with Crippen LogP contribution >= 0.6 is 0 Å². The number of carbonyl (C=O) groups is 1. The van der Waals surface area contributed by atoms with E-state index in [1.807, 2.05) is 26.0 Å². The number of hydrogen-bond donors (Lipinski definition) is 1. The topological polar surface area (TPSA) is 66.5 Å². The summed E-state index contributed by atoms with van der Waals surface area (Å²) in [6, 6.07) is 6.68. The van der Waals surface area contributed by atoms with Gasteiger partial charge in [0.05, 0.1) is 11.9 Å². The Hall–Kier alpha value is -1.56. The van der Waals surface area contributed by atoms with Crippen LogP contribution in [0.5, 0.6) is 0 Å². The first-order valence-corrected chi connectivity index (χ1v) is 10.5. The molecule has 1 aliphatic carbocycles. The summed E-state index contributed by atoms with van der Waals surface area (Å²) in [6.07, 6.45) is 6.99. The van der Waals surface area contributed by atoms with Crippen LogP contribution < -0.4 is 9.62 Å². The molecule has 0 bridgehead atoms. The predicted molar refractivity (Wildman–Crippen MR) is 97.6 cm³/mol. The highest BCUT2D eigenvalue weighted by Gasteiger charge is 2.32. The number of nitrogens with one attached hydrogen (secondary N) is 1. The molecule has 6 heteroatoms. The molecule has 134 valence electrons. The van der Waals surface area contributed by atoms with Gasteiger partial charge in [-0.15, -0.1) is 0 Å². The normalized spacial score (nSPS) is 17.3. The smallest absolute Gasteiger partial charge is 0.244 e. The number of nitrogens with zero attached hydrogens (tertiary/aromatic N) is 1. The number of benzene rings is 1. The number of sulfonamides is 1. The van der Waals surface area contributed by atoms with Gasteiger partial charge in [0.25, 0.3) is 0 Å². The maximum atomic E-state index is 12.8. The monoisotopic (exact) mass is 352 g/mol. The van der Waals surface area contributed by atoms with Gasteiger partial charge in [-0.25, -0.2) is 8.42 Å². The van der Waals surface area contributed by atoms with Crippen molar-refractivity contribution in [2.24, 2.45) is 0 Å². The molecule has 0 radical (unpaired) electrons. The van der Waals surface area contributed by atoms with E-state index in [-0.39, 0.29) is 11.9 Å². The first-order valence-electron chi connectivity index (χ1n) is 8.69. The second kappa shape index (κ2) is 8.01. The number of anilines is 1. The summed E-state index contributed by atoms with van der Waals surface area (Å²) < 4.78 is 26.0. The van der Waals surface area contributed by atoms with Crippen molar-refractivity contribution in [3.63, 3.8) is 0 Å². The molecule has 0 aromatic heterocycles. The van der Waals surface area contributed by atoms with E-state index in [9.17, 15) is 13.2 Å². The van der Waals surface area contributed by atoms with Gasteiger partial charge in [-0.2, -0.15) is 0 Å². The molecule has 1 aromatic rings. The van der Waals surface area contributed by atoms with Crippen molar-refractivity contribution >= 4 is 21.6 Å². The zero-order valence-electron chi connectivity index (χ0n) is 14.8. The number of rotatable bonds is 6. The summed E-state index contributed by atoms with van der Waals surface area (Å²) >= 11 is 0. The molecule has 0 heterocycles. The molecular formula is C18H28N2O3S. The summed E-state index contributed by atoms with van der Waals surface area (Å²) in [7, 11) is -3.56. The zero-order chi connectivity index (χ0) is 17.7. The first-order chi connectivity index (χ1) is 11.3. The highest BCUT2D eigenvalue weighted by atomic mass is 32.2. The van der Waals surface area contributed by atoms with Gasteiger partial charge < -0.3 is 5.32 Å². The number of amides is 1. The summed E-state index contributed by atoms with van der Waals surface area (Å²) in [5, 5.41) is 3.06. The highest BCUT2D eigenvalue weighted by Crippen LogP contribution is 2.24. The van der Waals surface area contributed by atoms with E-state index in [0.717, 1.165) is 37.5 Å². The average molecular weight is 353 g/mol. The molecule has 0 aliphatic heterocycles. The third-order valence-electron chi connectivity index (χ3n) is 4.57. The van der Waals surface area contributed by atoms with Crippen molar-refractivity contribution in [1.29, 1.82) is 0 Å². The lowest BCUT2D eigenvalue weighted by atomic mass is 9.95. The van der Waals surface area contributed by atoms with Crippen LogP contribution in [0, 0.1) is 6.92 Å². The number of carbonyl (C=O) groups excluding carboxylic acids is 1. The van der Waals surface area contributed by atoms with Crippen molar-refractivity contribution < 1.29 is 13.2 Å². The molecule has 1 amide bonds. The van der Waals surface area contributed by atoms with E-state index in [1.54, 1.807) is 12.1 Å². The minimum absolute atomic E-state index is 0.166. The van der Waals surface area contributed by atoms with Crippen LogP contribution in [0.2, 0.25) is 0 Å². The molecule has 1 saturated carbocycles. The summed E-state index contributed by atoms with van der Waals surface area (Å²) in [4.78, 5) is 12.8. The fourth-order valence-corrected chi connectivity index (χ4v) is 4.51. The summed E-state index contributed by atoms with van der Waals surface area (Å²) in [5.74, 6) is -0.199. The van der Waals surface area contributed by atoms with E-state index < -0.39 is 16.1 Å². The lowest BCUT2D eigenvalue weighted by Crippen LogP contribution is -2.51.